The summed E-state index contributed by atoms with van der Waals surface area (Å²) in [4.78, 5) is 14.3. The maximum atomic E-state index is 12.0. The van der Waals surface area contributed by atoms with E-state index in [1.54, 1.807) is 6.08 Å². The number of carbonyl (C=O) groups is 1. The predicted octanol–water partition coefficient (Wildman–Crippen LogP) is 4.87. The molecule has 1 atom stereocenters. The molecule has 0 N–H and O–H groups in total. The van der Waals surface area contributed by atoms with E-state index in [2.05, 4.69) is 71.6 Å². The highest BCUT2D eigenvalue weighted by Gasteiger charge is 2.24. The predicted molar refractivity (Wildman–Crippen MR) is 97.4 cm³/mol. The van der Waals surface area contributed by atoms with Crippen molar-refractivity contribution in [3.8, 4) is 0 Å². The van der Waals surface area contributed by atoms with Crippen LogP contribution >= 0.6 is 0 Å². The fourth-order valence-corrected chi connectivity index (χ4v) is 3.34. The van der Waals surface area contributed by atoms with Crippen molar-refractivity contribution in [3.63, 3.8) is 0 Å². The normalized spacial score (nSPS) is 17.4. The van der Waals surface area contributed by atoms with Gasteiger partial charge in [0.2, 0.25) is 0 Å². The first-order valence-electron chi connectivity index (χ1n) is 8.29. The van der Waals surface area contributed by atoms with Crippen molar-refractivity contribution < 1.29 is 4.79 Å². The number of hydrogen-bond acceptors (Lipinski definition) is 2. The molecule has 1 aliphatic rings. The highest BCUT2D eigenvalue weighted by atomic mass is 16.1. The summed E-state index contributed by atoms with van der Waals surface area (Å²) in [6.45, 7) is 0.808. The van der Waals surface area contributed by atoms with Gasteiger partial charge in [-0.2, -0.15) is 0 Å². The fraction of sp³-hybridized carbons (Fsp3) is 0.136. The zero-order chi connectivity index (χ0) is 16.4. The van der Waals surface area contributed by atoms with Crippen molar-refractivity contribution in [3.05, 3.63) is 96.2 Å². The third-order valence-corrected chi connectivity index (χ3v) is 4.61. The van der Waals surface area contributed by atoms with Crippen LogP contribution in [0.15, 0.2) is 85.1 Å². The van der Waals surface area contributed by atoms with Crippen LogP contribution < -0.4 is 0 Å². The SMILES string of the molecule is O=C1C=CN(Cc2ccccc2)C(c2ccc3ccccc3c2)C1. The molecule has 1 unspecified atom stereocenters. The Kier molecular flexibility index (Phi) is 3.87. The number of benzene rings is 3. The summed E-state index contributed by atoms with van der Waals surface area (Å²) in [5.74, 6) is 0.192. The molecule has 2 heteroatoms. The van der Waals surface area contributed by atoms with Gasteiger partial charge in [-0.25, -0.2) is 0 Å². The summed E-state index contributed by atoms with van der Waals surface area (Å²) in [5.41, 5.74) is 2.45. The van der Waals surface area contributed by atoms with Crippen molar-refractivity contribution in [2.24, 2.45) is 0 Å². The van der Waals surface area contributed by atoms with Gasteiger partial charge < -0.3 is 4.90 Å². The van der Waals surface area contributed by atoms with Crippen LogP contribution in [0.3, 0.4) is 0 Å². The summed E-state index contributed by atoms with van der Waals surface area (Å²) < 4.78 is 0. The molecule has 4 rings (SSSR count). The lowest BCUT2D eigenvalue weighted by Crippen LogP contribution is -2.28. The lowest BCUT2D eigenvalue weighted by molar-refractivity contribution is -0.116. The van der Waals surface area contributed by atoms with Crippen molar-refractivity contribution in [2.75, 3.05) is 0 Å². The number of nitrogens with zero attached hydrogens (tertiary/aromatic N) is 1. The Morgan fingerprint density at radius 2 is 1.62 bits per heavy atom. The maximum absolute atomic E-state index is 12.0. The third kappa shape index (κ3) is 2.95. The Labute approximate surface area is 142 Å². The number of fused-ring (bicyclic) bond motifs is 1. The van der Waals surface area contributed by atoms with E-state index >= 15 is 0 Å². The summed E-state index contributed by atoms with van der Waals surface area (Å²) in [6, 6.07) is 25.3. The standard InChI is InChI=1S/C22H19NO/c24-21-12-13-23(16-17-6-2-1-3-7-17)22(15-21)20-11-10-18-8-4-5-9-19(18)14-20/h1-14,22H,15-16H2. The molecule has 24 heavy (non-hydrogen) atoms. The largest absolute Gasteiger partial charge is 0.366 e. The monoisotopic (exact) mass is 313 g/mol. The molecule has 2 nitrogen and oxygen atoms in total. The minimum Gasteiger partial charge on any atom is -0.366 e. The molecule has 0 aliphatic carbocycles. The average molecular weight is 313 g/mol. The molecule has 118 valence electrons. The Bertz CT molecular complexity index is 898. The van der Waals surface area contributed by atoms with Gasteiger partial charge in [-0.05, 0) is 34.0 Å². The van der Waals surface area contributed by atoms with Gasteiger partial charge >= 0.3 is 0 Å². The Morgan fingerprint density at radius 3 is 2.46 bits per heavy atom. The summed E-state index contributed by atoms with van der Waals surface area (Å²) in [6.07, 6.45) is 4.17. The van der Waals surface area contributed by atoms with Crippen LogP contribution in [-0.4, -0.2) is 10.7 Å². The molecule has 0 fully saturated rings. The van der Waals surface area contributed by atoms with Crippen LogP contribution in [0.1, 0.15) is 23.6 Å². The zero-order valence-corrected chi connectivity index (χ0v) is 13.4. The maximum Gasteiger partial charge on any atom is 0.159 e. The van der Waals surface area contributed by atoms with E-state index in [0.717, 1.165) is 6.54 Å². The third-order valence-electron chi connectivity index (χ3n) is 4.61. The summed E-state index contributed by atoms with van der Waals surface area (Å²) in [5, 5.41) is 2.45. The highest BCUT2D eigenvalue weighted by Crippen LogP contribution is 2.31. The molecule has 0 spiro atoms. The molecule has 0 saturated heterocycles. The molecule has 3 aromatic rings. The molecular weight excluding hydrogens is 294 g/mol. The fourth-order valence-electron chi connectivity index (χ4n) is 3.34. The van der Waals surface area contributed by atoms with E-state index in [0.29, 0.717) is 6.42 Å². The molecule has 0 bridgehead atoms. The van der Waals surface area contributed by atoms with Crippen LogP contribution in [0, 0.1) is 0 Å². The second-order valence-electron chi connectivity index (χ2n) is 6.27. The first-order chi connectivity index (χ1) is 11.8. The Balaban J connectivity index is 1.69. The van der Waals surface area contributed by atoms with Gasteiger partial charge in [0.05, 0.1) is 6.04 Å². The molecule has 0 amide bonds. The quantitative estimate of drug-likeness (QED) is 0.687. The van der Waals surface area contributed by atoms with Gasteiger partial charge in [0.1, 0.15) is 0 Å². The first-order valence-corrected chi connectivity index (χ1v) is 8.29. The van der Waals surface area contributed by atoms with Gasteiger partial charge in [-0.3, -0.25) is 4.79 Å². The van der Waals surface area contributed by atoms with Crippen LogP contribution in [0.5, 0.6) is 0 Å². The second-order valence-corrected chi connectivity index (χ2v) is 6.27. The van der Waals surface area contributed by atoms with Crippen LogP contribution in [0.4, 0.5) is 0 Å². The molecule has 1 aliphatic heterocycles. The average Bonchev–Trinajstić information content (AvgIpc) is 2.64. The van der Waals surface area contributed by atoms with Crippen LogP contribution in [-0.2, 0) is 11.3 Å². The summed E-state index contributed by atoms with van der Waals surface area (Å²) in [7, 11) is 0. The molecular formula is C22H19NO. The lowest BCUT2D eigenvalue weighted by atomic mass is 9.94. The molecule has 3 aromatic carbocycles. The van der Waals surface area contributed by atoms with Crippen molar-refractivity contribution >= 4 is 16.6 Å². The Morgan fingerprint density at radius 1 is 0.875 bits per heavy atom. The van der Waals surface area contributed by atoms with Crippen LogP contribution in [0.2, 0.25) is 0 Å². The number of hydrogen-bond donors (Lipinski definition) is 0. The smallest absolute Gasteiger partial charge is 0.159 e. The van der Waals surface area contributed by atoms with E-state index in [1.807, 2.05) is 12.3 Å². The van der Waals surface area contributed by atoms with Gasteiger partial charge in [0.15, 0.2) is 5.78 Å². The van der Waals surface area contributed by atoms with E-state index in [9.17, 15) is 4.79 Å². The minimum atomic E-state index is 0.0901. The number of carbonyl (C=O) groups excluding carboxylic acids is 1. The van der Waals surface area contributed by atoms with Crippen LogP contribution in [0.25, 0.3) is 10.8 Å². The second kappa shape index (κ2) is 6.32. The van der Waals surface area contributed by atoms with E-state index < -0.39 is 0 Å². The molecule has 0 radical (unpaired) electrons. The van der Waals surface area contributed by atoms with Crippen molar-refractivity contribution in [1.29, 1.82) is 0 Å². The van der Waals surface area contributed by atoms with Gasteiger partial charge in [0, 0.05) is 19.2 Å². The van der Waals surface area contributed by atoms with Crippen molar-refractivity contribution in [2.45, 2.75) is 19.0 Å². The van der Waals surface area contributed by atoms with Gasteiger partial charge in [0.25, 0.3) is 0 Å². The first kappa shape index (κ1) is 14.7. The molecule has 0 aromatic heterocycles. The minimum absolute atomic E-state index is 0.0901. The van der Waals surface area contributed by atoms with Crippen molar-refractivity contribution in [1.82, 2.24) is 4.90 Å². The van der Waals surface area contributed by atoms with E-state index in [1.165, 1.54) is 21.9 Å². The summed E-state index contributed by atoms with van der Waals surface area (Å²) >= 11 is 0. The van der Waals surface area contributed by atoms with Gasteiger partial charge in [-0.1, -0.05) is 66.7 Å². The number of rotatable bonds is 3. The number of allylic oxidation sites excluding steroid dienone is 1. The zero-order valence-electron chi connectivity index (χ0n) is 13.4. The molecule has 0 saturated carbocycles. The topological polar surface area (TPSA) is 20.3 Å². The highest BCUT2D eigenvalue weighted by molar-refractivity contribution is 5.91. The van der Waals surface area contributed by atoms with E-state index in [4.69, 9.17) is 0 Å². The molecule has 1 heterocycles. The van der Waals surface area contributed by atoms with E-state index in [-0.39, 0.29) is 11.8 Å². The van der Waals surface area contributed by atoms with Gasteiger partial charge in [-0.15, -0.1) is 0 Å². The number of ketones is 1. The Hall–Kier alpha value is -2.87. The lowest BCUT2D eigenvalue weighted by Gasteiger charge is -2.33.